The van der Waals surface area contributed by atoms with Gasteiger partial charge in [-0.25, -0.2) is 13.6 Å². The number of methoxy groups -OCH3 is 1. The predicted octanol–water partition coefficient (Wildman–Crippen LogP) is 3.24. The summed E-state index contributed by atoms with van der Waals surface area (Å²) in [4.78, 5) is 39.2. The van der Waals surface area contributed by atoms with E-state index in [2.05, 4.69) is 5.32 Å². The molecule has 1 aromatic carbocycles. The van der Waals surface area contributed by atoms with Gasteiger partial charge in [0.25, 0.3) is 5.91 Å². The zero-order chi connectivity index (χ0) is 23.1. The van der Waals surface area contributed by atoms with Crippen LogP contribution in [0.2, 0.25) is 0 Å². The second-order valence-corrected chi connectivity index (χ2v) is 7.95. The number of nitrogens with zero attached hydrogens (tertiary/aromatic N) is 2. The third-order valence-electron chi connectivity index (χ3n) is 5.68. The van der Waals surface area contributed by atoms with E-state index in [1.165, 1.54) is 6.92 Å². The van der Waals surface area contributed by atoms with Gasteiger partial charge in [-0.2, -0.15) is 0 Å². The van der Waals surface area contributed by atoms with Gasteiger partial charge in [-0.1, -0.05) is 0 Å². The number of urea groups is 1. The van der Waals surface area contributed by atoms with E-state index in [4.69, 9.17) is 4.74 Å². The summed E-state index contributed by atoms with van der Waals surface area (Å²) in [6.45, 7) is 6.81. The fourth-order valence-corrected chi connectivity index (χ4v) is 4.19. The lowest BCUT2D eigenvalue weighted by Crippen LogP contribution is -2.42. The van der Waals surface area contributed by atoms with Crippen molar-refractivity contribution in [1.82, 2.24) is 14.8 Å². The van der Waals surface area contributed by atoms with E-state index in [1.54, 1.807) is 20.1 Å². The molecule has 9 heteroatoms. The Kier molecular flexibility index (Phi) is 6.00. The van der Waals surface area contributed by atoms with E-state index in [1.807, 2.05) is 18.4 Å². The maximum Gasteiger partial charge on any atom is 0.325 e. The molecule has 0 spiro atoms. The molecular weight excluding hydrogens is 408 g/mol. The quantitative estimate of drug-likeness (QED) is 0.537. The molecule has 0 bridgehead atoms. The Hall–Kier alpha value is -3.07. The van der Waals surface area contributed by atoms with Crippen LogP contribution < -0.4 is 5.32 Å². The maximum absolute atomic E-state index is 14.3. The van der Waals surface area contributed by atoms with Crippen molar-refractivity contribution in [2.75, 3.05) is 20.3 Å². The largest absolute Gasteiger partial charge is 0.383 e. The summed E-state index contributed by atoms with van der Waals surface area (Å²) in [7, 11) is 1.59. The summed E-state index contributed by atoms with van der Waals surface area (Å²) in [5.74, 6) is -2.83. The highest BCUT2D eigenvalue weighted by molar-refractivity contribution is 6.11. The first kappa shape index (κ1) is 22.6. The first-order valence-corrected chi connectivity index (χ1v) is 9.81. The maximum atomic E-state index is 14.3. The molecule has 1 fully saturated rings. The number of halogens is 2. The van der Waals surface area contributed by atoms with Gasteiger partial charge in [0.1, 0.15) is 17.2 Å². The van der Waals surface area contributed by atoms with Gasteiger partial charge in [-0.15, -0.1) is 0 Å². The fourth-order valence-electron chi connectivity index (χ4n) is 4.19. The summed E-state index contributed by atoms with van der Waals surface area (Å²) >= 11 is 0. The number of hydrogen-bond donors (Lipinski definition) is 1. The van der Waals surface area contributed by atoms with Crippen LogP contribution in [-0.2, 0) is 15.1 Å². The van der Waals surface area contributed by atoms with Crippen LogP contribution in [0.5, 0.6) is 0 Å². The summed E-state index contributed by atoms with van der Waals surface area (Å²) in [5, 5.41) is 2.39. The van der Waals surface area contributed by atoms with Gasteiger partial charge < -0.3 is 14.6 Å². The Morgan fingerprint density at radius 3 is 2.55 bits per heavy atom. The van der Waals surface area contributed by atoms with Crippen molar-refractivity contribution < 1.29 is 27.9 Å². The molecule has 166 valence electrons. The van der Waals surface area contributed by atoms with Crippen LogP contribution in [0.4, 0.5) is 13.6 Å². The van der Waals surface area contributed by atoms with E-state index in [-0.39, 0.29) is 11.6 Å². The number of carbonyl (C=O) groups excluding carboxylic acids is 3. The Morgan fingerprint density at radius 2 is 1.90 bits per heavy atom. The van der Waals surface area contributed by atoms with Gasteiger partial charge in [-0.05, 0) is 52.0 Å². The molecule has 1 N–H and O–H groups in total. The molecule has 1 aromatic heterocycles. The number of rotatable bonds is 7. The van der Waals surface area contributed by atoms with Crippen LogP contribution in [0.15, 0.2) is 24.3 Å². The molecule has 0 aliphatic carbocycles. The van der Waals surface area contributed by atoms with Crippen molar-refractivity contribution >= 4 is 17.7 Å². The highest BCUT2D eigenvalue weighted by Gasteiger charge is 2.51. The molecule has 1 aliphatic rings. The lowest BCUT2D eigenvalue weighted by molar-refractivity contribution is -0.130. The molecule has 7 nitrogen and oxygen atoms in total. The molecule has 2 heterocycles. The van der Waals surface area contributed by atoms with Gasteiger partial charge in [0, 0.05) is 29.6 Å². The van der Waals surface area contributed by atoms with Crippen molar-refractivity contribution in [1.29, 1.82) is 0 Å². The molecule has 1 saturated heterocycles. The minimum atomic E-state index is -1.81. The van der Waals surface area contributed by atoms with Crippen LogP contribution in [0.25, 0.3) is 0 Å². The molecule has 0 unspecified atom stereocenters. The number of aryl methyl sites for hydroxylation is 1. The molecule has 1 aliphatic heterocycles. The lowest BCUT2D eigenvalue weighted by Gasteiger charge is -2.22. The Balaban J connectivity index is 1.88. The summed E-state index contributed by atoms with van der Waals surface area (Å²) < 4.78 is 35.1. The van der Waals surface area contributed by atoms with Crippen molar-refractivity contribution in [3.63, 3.8) is 0 Å². The fraction of sp³-hybridized carbons (Fsp3) is 0.409. The molecule has 2 atom stereocenters. The van der Waals surface area contributed by atoms with Crippen LogP contribution >= 0.6 is 0 Å². The number of carbonyl (C=O) groups is 3. The Bertz CT molecular complexity index is 1070. The zero-order valence-electron chi connectivity index (χ0n) is 18.1. The standard InChI is InChI=1S/C22H25F2N3O4/c1-12-8-16(14(3)27(12)13(2)11-31-5)19(28)10-26-20(29)22(4,25-21(26)30)17-9-15(23)6-7-18(17)24/h6-9,13H,10-11H2,1-5H3,(H,25,30)/t13-,22-/m0/s1. The third-order valence-corrected chi connectivity index (χ3v) is 5.68. The molecule has 0 radical (unpaired) electrons. The second kappa shape index (κ2) is 8.22. The zero-order valence-corrected chi connectivity index (χ0v) is 18.1. The number of Topliss-reactive ketones (excluding diaryl/α,β-unsaturated/α-hetero) is 1. The van der Waals surface area contributed by atoms with E-state index in [0.29, 0.717) is 17.9 Å². The van der Waals surface area contributed by atoms with E-state index in [9.17, 15) is 23.2 Å². The Labute approximate surface area is 179 Å². The second-order valence-electron chi connectivity index (χ2n) is 7.95. The van der Waals surface area contributed by atoms with Gasteiger partial charge >= 0.3 is 6.03 Å². The number of imide groups is 1. The molecule has 0 saturated carbocycles. The highest BCUT2D eigenvalue weighted by atomic mass is 19.1. The van der Waals surface area contributed by atoms with E-state index < -0.39 is 41.4 Å². The van der Waals surface area contributed by atoms with Crippen molar-refractivity contribution in [3.05, 3.63) is 58.4 Å². The number of benzene rings is 1. The van der Waals surface area contributed by atoms with Crippen molar-refractivity contribution in [2.45, 2.75) is 39.3 Å². The SMILES string of the molecule is COC[C@H](C)n1c(C)cc(C(=O)CN2C(=O)N[C@@](C)(c3cc(F)ccc3F)C2=O)c1C. The van der Waals surface area contributed by atoms with Gasteiger partial charge in [0.15, 0.2) is 5.78 Å². The first-order valence-electron chi connectivity index (χ1n) is 9.81. The van der Waals surface area contributed by atoms with Crippen LogP contribution in [-0.4, -0.2) is 47.4 Å². The molecule has 3 rings (SSSR count). The predicted molar refractivity (Wildman–Crippen MR) is 109 cm³/mol. The summed E-state index contributed by atoms with van der Waals surface area (Å²) in [6, 6.07) is 3.52. The van der Waals surface area contributed by atoms with E-state index in [0.717, 1.165) is 28.8 Å². The minimum Gasteiger partial charge on any atom is -0.383 e. The van der Waals surface area contributed by atoms with Gasteiger partial charge in [0.05, 0.1) is 19.2 Å². The van der Waals surface area contributed by atoms with Crippen molar-refractivity contribution in [2.24, 2.45) is 0 Å². The first-order chi connectivity index (χ1) is 14.5. The number of hydrogen-bond acceptors (Lipinski definition) is 4. The molecule has 3 amide bonds. The smallest absolute Gasteiger partial charge is 0.325 e. The highest BCUT2D eigenvalue weighted by Crippen LogP contribution is 2.31. The third kappa shape index (κ3) is 3.85. The van der Waals surface area contributed by atoms with Gasteiger partial charge in [0.2, 0.25) is 0 Å². The summed E-state index contributed by atoms with van der Waals surface area (Å²) in [5.41, 5.74) is -0.195. The van der Waals surface area contributed by atoms with Gasteiger partial charge in [-0.3, -0.25) is 14.5 Å². The van der Waals surface area contributed by atoms with Crippen LogP contribution in [0.1, 0.15) is 47.2 Å². The molecule has 2 aromatic rings. The topological polar surface area (TPSA) is 80.6 Å². The minimum absolute atomic E-state index is 0.0116. The average molecular weight is 433 g/mol. The number of ether oxygens (including phenoxy) is 1. The number of aromatic nitrogens is 1. The van der Waals surface area contributed by atoms with E-state index >= 15 is 0 Å². The number of ketones is 1. The monoisotopic (exact) mass is 433 g/mol. The van der Waals surface area contributed by atoms with Crippen LogP contribution in [0.3, 0.4) is 0 Å². The molecular formula is C22H25F2N3O4. The normalized spacial score (nSPS) is 19.6. The Morgan fingerprint density at radius 1 is 1.23 bits per heavy atom. The average Bonchev–Trinajstić information content (AvgIpc) is 3.11. The van der Waals surface area contributed by atoms with Crippen LogP contribution in [0, 0.1) is 25.5 Å². The summed E-state index contributed by atoms with van der Waals surface area (Å²) in [6.07, 6.45) is 0. The molecule has 31 heavy (non-hydrogen) atoms. The van der Waals surface area contributed by atoms with Crippen molar-refractivity contribution in [3.8, 4) is 0 Å². The number of nitrogens with one attached hydrogen (secondary N) is 1. The lowest BCUT2D eigenvalue weighted by atomic mass is 9.91. The number of amides is 3.